The summed E-state index contributed by atoms with van der Waals surface area (Å²) in [5.41, 5.74) is 1.00. The summed E-state index contributed by atoms with van der Waals surface area (Å²) in [6.45, 7) is 4.97. The average Bonchev–Trinajstić information content (AvgIpc) is 2.55. The summed E-state index contributed by atoms with van der Waals surface area (Å²) in [4.78, 5) is 11.2. The van der Waals surface area contributed by atoms with Crippen LogP contribution in [0, 0.1) is 11.7 Å². The second-order valence-electron chi connectivity index (χ2n) is 5.91. The van der Waals surface area contributed by atoms with Crippen LogP contribution in [0.5, 0.6) is 0 Å². The molecule has 2 heterocycles. The maximum Gasteiger partial charge on any atom is 0.224 e. The predicted molar refractivity (Wildman–Crippen MR) is 86.4 cm³/mol. The van der Waals surface area contributed by atoms with Crippen LogP contribution in [0.4, 0.5) is 16.2 Å². The molecule has 5 heteroatoms. The predicted octanol–water partition coefficient (Wildman–Crippen LogP) is 3.46. The number of nitrogens with one attached hydrogen (secondary N) is 1. The molecule has 0 radical (unpaired) electrons. The molecule has 1 saturated heterocycles. The summed E-state index contributed by atoms with van der Waals surface area (Å²) in [5.74, 6) is 2.07. The topological polar surface area (TPSA) is 41.1 Å². The fourth-order valence-corrected chi connectivity index (χ4v) is 2.79. The van der Waals surface area contributed by atoms with Crippen molar-refractivity contribution in [1.29, 1.82) is 0 Å². The fraction of sp³-hybridized carbons (Fsp3) is 0.412. The lowest BCUT2D eigenvalue weighted by atomic mass is 10.0. The molecule has 3 rings (SSSR count). The quantitative estimate of drug-likeness (QED) is 0.939. The molecule has 0 amide bonds. The van der Waals surface area contributed by atoms with Crippen molar-refractivity contribution in [2.75, 3.05) is 23.3 Å². The minimum absolute atomic E-state index is 0.221. The largest absolute Gasteiger partial charge is 0.356 e. The summed E-state index contributed by atoms with van der Waals surface area (Å²) < 4.78 is 12.9. The zero-order valence-electron chi connectivity index (χ0n) is 12.8. The number of halogens is 1. The van der Waals surface area contributed by atoms with E-state index in [4.69, 9.17) is 0 Å². The van der Waals surface area contributed by atoms with Crippen molar-refractivity contribution in [1.82, 2.24) is 9.97 Å². The van der Waals surface area contributed by atoms with Crippen LogP contribution < -0.4 is 10.2 Å². The van der Waals surface area contributed by atoms with E-state index >= 15 is 0 Å². The van der Waals surface area contributed by atoms with Gasteiger partial charge >= 0.3 is 0 Å². The van der Waals surface area contributed by atoms with Gasteiger partial charge < -0.3 is 10.2 Å². The average molecular weight is 300 g/mol. The van der Waals surface area contributed by atoms with Crippen LogP contribution in [-0.2, 0) is 6.54 Å². The van der Waals surface area contributed by atoms with Crippen LogP contribution in [-0.4, -0.2) is 23.1 Å². The van der Waals surface area contributed by atoms with E-state index in [0.29, 0.717) is 18.4 Å². The third kappa shape index (κ3) is 3.72. The van der Waals surface area contributed by atoms with Gasteiger partial charge in [-0.05, 0) is 42.5 Å². The normalized spacial score (nSPS) is 18.3. The Hall–Kier alpha value is -2.17. The maximum atomic E-state index is 12.9. The summed E-state index contributed by atoms with van der Waals surface area (Å²) >= 11 is 0. The molecule has 0 aliphatic carbocycles. The van der Waals surface area contributed by atoms with Crippen LogP contribution in [0.15, 0.2) is 36.5 Å². The molecule has 0 spiro atoms. The van der Waals surface area contributed by atoms with E-state index in [1.165, 1.54) is 25.0 Å². The lowest BCUT2D eigenvalue weighted by Crippen LogP contribution is -2.34. The minimum atomic E-state index is -0.221. The molecule has 0 saturated carbocycles. The van der Waals surface area contributed by atoms with Gasteiger partial charge in [0.2, 0.25) is 5.95 Å². The van der Waals surface area contributed by atoms with Gasteiger partial charge in [0.25, 0.3) is 0 Å². The Morgan fingerprint density at radius 2 is 2.09 bits per heavy atom. The van der Waals surface area contributed by atoms with E-state index in [1.807, 2.05) is 6.07 Å². The van der Waals surface area contributed by atoms with Crippen molar-refractivity contribution in [3.05, 3.63) is 47.9 Å². The molecule has 1 aromatic heterocycles. The minimum Gasteiger partial charge on any atom is -0.356 e. The van der Waals surface area contributed by atoms with E-state index in [2.05, 4.69) is 27.1 Å². The summed E-state index contributed by atoms with van der Waals surface area (Å²) in [6, 6.07) is 8.41. The Labute approximate surface area is 130 Å². The molecule has 22 heavy (non-hydrogen) atoms. The van der Waals surface area contributed by atoms with E-state index in [9.17, 15) is 4.39 Å². The van der Waals surface area contributed by atoms with Crippen LogP contribution in [0.2, 0.25) is 0 Å². The van der Waals surface area contributed by atoms with E-state index < -0.39 is 0 Å². The molecular weight excluding hydrogens is 279 g/mol. The zero-order chi connectivity index (χ0) is 15.4. The van der Waals surface area contributed by atoms with Gasteiger partial charge in [-0.25, -0.2) is 9.37 Å². The van der Waals surface area contributed by atoms with Gasteiger partial charge in [0, 0.05) is 25.8 Å². The molecule has 1 aliphatic rings. The Kier molecular flexibility index (Phi) is 4.51. The first kappa shape index (κ1) is 14.8. The van der Waals surface area contributed by atoms with Crippen molar-refractivity contribution in [3.63, 3.8) is 0 Å². The number of hydrogen-bond acceptors (Lipinski definition) is 4. The van der Waals surface area contributed by atoms with Crippen LogP contribution in [0.3, 0.4) is 0 Å². The summed E-state index contributed by atoms with van der Waals surface area (Å²) in [7, 11) is 0. The van der Waals surface area contributed by atoms with E-state index in [1.54, 1.807) is 18.3 Å². The second-order valence-corrected chi connectivity index (χ2v) is 5.91. The van der Waals surface area contributed by atoms with Crippen molar-refractivity contribution in [2.45, 2.75) is 26.3 Å². The lowest BCUT2D eigenvalue weighted by Gasteiger charge is -2.31. The molecular formula is C17H21FN4. The number of piperidine rings is 1. The third-order valence-electron chi connectivity index (χ3n) is 3.99. The highest BCUT2D eigenvalue weighted by Gasteiger charge is 2.17. The first-order chi connectivity index (χ1) is 10.7. The number of aromatic nitrogens is 2. The molecule has 1 aromatic carbocycles. The number of benzene rings is 1. The van der Waals surface area contributed by atoms with Gasteiger partial charge in [0.05, 0.1) is 0 Å². The van der Waals surface area contributed by atoms with E-state index in [0.717, 1.165) is 24.5 Å². The maximum absolute atomic E-state index is 12.9. The second kappa shape index (κ2) is 6.73. The Balaban J connectivity index is 1.64. The summed E-state index contributed by atoms with van der Waals surface area (Å²) in [5, 5.41) is 3.20. The molecule has 1 fully saturated rings. The van der Waals surface area contributed by atoms with Crippen molar-refractivity contribution in [3.8, 4) is 0 Å². The standard InChI is InChI=1S/C17H21FN4/c1-13-3-2-10-22(12-13)16-8-9-19-17(21-16)20-11-14-4-6-15(18)7-5-14/h4-9,13H,2-3,10-12H2,1H3,(H,19,20,21). The smallest absolute Gasteiger partial charge is 0.224 e. The van der Waals surface area contributed by atoms with Crippen molar-refractivity contribution < 1.29 is 4.39 Å². The van der Waals surface area contributed by atoms with Gasteiger partial charge in [-0.3, -0.25) is 0 Å². The first-order valence-corrected chi connectivity index (χ1v) is 7.77. The van der Waals surface area contributed by atoms with E-state index in [-0.39, 0.29) is 5.82 Å². The van der Waals surface area contributed by atoms with Gasteiger partial charge in [-0.1, -0.05) is 19.1 Å². The monoisotopic (exact) mass is 300 g/mol. The lowest BCUT2D eigenvalue weighted by molar-refractivity contribution is 0.444. The summed E-state index contributed by atoms with van der Waals surface area (Å²) in [6.07, 6.45) is 4.29. The van der Waals surface area contributed by atoms with Crippen LogP contribution in [0.25, 0.3) is 0 Å². The molecule has 116 valence electrons. The molecule has 1 atom stereocenters. The molecule has 1 N–H and O–H groups in total. The highest BCUT2D eigenvalue weighted by molar-refractivity contribution is 5.43. The number of nitrogens with zero attached hydrogens (tertiary/aromatic N) is 3. The molecule has 1 aliphatic heterocycles. The van der Waals surface area contributed by atoms with Gasteiger partial charge in [0.15, 0.2) is 0 Å². The Morgan fingerprint density at radius 3 is 2.86 bits per heavy atom. The molecule has 1 unspecified atom stereocenters. The van der Waals surface area contributed by atoms with Gasteiger partial charge in [-0.2, -0.15) is 4.98 Å². The van der Waals surface area contributed by atoms with Gasteiger partial charge in [0.1, 0.15) is 11.6 Å². The molecule has 0 bridgehead atoms. The highest BCUT2D eigenvalue weighted by Crippen LogP contribution is 2.21. The first-order valence-electron chi connectivity index (χ1n) is 7.77. The molecule has 4 nitrogen and oxygen atoms in total. The molecule has 2 aromatic rings. The van der Waals surface area contributed by atoms with Crippen LogP contribution in [0.1, 0.15) is 25.3 Å². The Morgan fingerprint density at radius 1 is 1.27 bits per heavy atom. The number of rotatable bonds is 4. The van der Waals surface area contributed by atoms with Crippen molar-refractivity contribution in [2.24, 2.45) is 5.92 Å². The fourth-order valence-electron chi connectivity index (χ4n) is 2.79. The number of hydrogen-bond donors (Lipinski definition) is 1. The number of anilines is 2. The SMILES string of the molecule is CC1CCCN(c2ccnc(NCc3ccc(F)cc3)n2)C1. The van der Waals surface area contributed by atoms with Crippen LogP contribution >= 0.6 is 0 Å². The Bertz CT molecular complexity index is 614. The van der Waals surface area contributed by atoms with Crippen molar-refractivity contribution >= 4 is 11.8 Å². The zero-order valence-corrected chi connectivity index (χ0v) is 12.8. The third-order valence-corrected chi connectivity index (χ3v) is 3.99. The van der Waals surface area contributed by atoms with Gasteiger partial charge in [-0.15, -0.1) is 0 Å². The highest BCUT2D eigenvalue weighted by atomic mass is 19.1.